The smallest absolute Gasteiger partial charge is 0.326 e. The van der Waals surface area contributed by atoms with Gasteiger partial charge in [-0.15, -0.1) is 0 Å². The van der Waals surface area contributed by atoms with Crippen molar-refractivity contribution in [3.8, 4) is 0 Å². The summed E-state index contributed by atoms with van der Waals surface area (Å²) < 4.78 is 5.29. The van der Waals surface area contributed by atoms with E-state index in [1.54, 1.807) is 0 Å². The van der Waals surface area contributed by atoms with Crippen LogP contribution in [0, 0.1) is 13.8 Å². The molecule has 1 aliphatic heterocycles. The number of hydrogen-bond donors (Lipinski definition) is 2. The molecule has 1 aliphatic rings. The van der Waals surface area contributed by atoms with E-state index >= 15 is 0 Å². The molecule has 2 atom stereocenters. The van der Waals surface area contributed by atoms with Gasteiger partial charge >= 0.3 is 5.97 Å². The van der Waals surface area contributed by atoms with Crippen molar-refractivity contribution in [2.75, 3.05) is 6.61 Å². The van der Waals surface area contributed by atoms with Gasteiger partial charge in [0.25, 0.3) is 0 Å². The minimum Gasteiger partial charge on any atom is -0.480 e. The maximum atomic E-state index is 12.0. The summed E-state index contributed by atoms with van der Waals surface area (Å²) >= 11 is 0. The third-order valence-electron chi connectivity index (χ3n) is 3.89. The van der Waals surface area contributed by atoms with Crippen molar-refractivity contribution in [3.05, 3.63) is 34.9 Å². The number of benzene rings is 1. The molecule has 21 heavy (non-hydrogen) atoms. The fourth-order valence-electron chi connectivity index (χ4n) is 2.62. The second-order valence-corrected chi connectivity index (χ2v) is 5.48. The van der Waals surface area contributed by atoms with Crippen molar-refractivity contribution < 1.29 is 19.4 Å². The number of rotatable bonds is 5. The molecule has 0 bridgehead atoms. The van der Waals surface area contributed by atoms with Crippen LogP contribution in [0.1, 0.15) is 29.5 Å². The lowest BCUT2D eigenvalue weighted by Crippen LogP contribution is -2.46. The summed E-state index contributed by atoms with van der Waals surface area (Å²) in [4.78, 5) is 23.4. The first kappa shape index (κ1) is 15.5. The summed E-state index contributed by atoms with van der Waals surface area (Å²) in [6, 6.07) is 4.91. The van der Waals surface area contributed by atoms with Gasteiger partial charge < -0.3 is 15.2 Å². The van der Waals surface area contributed by atoms with Gasteiger partial charge in [-0.2, -0.15) is 0 Å². The van der Waals surface area contributed by atoms with Crippen LogP contribution in [0.25, 0.3) is 0 Å². The predicted octanol–water partition coefficient (Wildman–Crippen LogP) is 1.59. The summed E-state index contributed by atoms with van der Waals surface area (Å²) in [7, 11) is 0. The van der Waals surface area contributed by atoms with E-state index in [-0.39, 0.29) is 12.3 Å². The maximum Gasteiger partial charge on any atom is 0.326 e. The van der Waals surface area contributed by atoms with Crippen molar-refractivity contribution in [1.82, 2.24) is 5.32 Å². The highest BCUT2D eigenvalue weighted by molar-refractivity contribution is 5.86. The van der Waals surface area contributed by atoms with E-state index < -0.39 is 18.1 Å². The molecule has 0 radical (unpaired) electrons. The van der Waals surface area contributed by atoms with Gasteiger partial charge in [-0.1, -0.05) is 18.2 Å². The number of hydrogen-bond acceptors (Lipinski definition) is 3. The second kappa shape index (κ2) is 6.72. The van der Waals surface area contributed by atoms with Crippen LogP contribution in [-0.2, 0) is 20.7 Å². The zero-order valence-electron chi connectivity index (χ0n) is 12.4. The average molecular weight is 291 g/mol. The van der Waals surface area contributed by atoms with Gasteiger partial charge in [0.1, 0.15) is 12.1 Å². The second-order valence-electron chi connectivity index (χ2n) is 5.48. The van der Waals surface area contributed by atoms with E-state index in [1.807, 2.05) is 32.0 Å². The van der Waals surface area contributed by atoms with Gasteiger partial charge in [0.2, 0.25) is 5.91 Å². The first-order chi connectivity index (χ1) is 9.99. The Labute approximate surface area is 124 Å². The maximum absolute atomic E-state index is 12.0. The van der Waals surface area contributed by atoms with Crippen LogP contribution in [0.5, 0.6) is 0 Å². The predicted molar refractivity (Wildman–Crippen MR) is 78.2 cm³/mol. The fraction of sp³-hybridized carbons (Fsp3) is 0.500. The van der Waals surface area contributed by atoms with Crippen LogP contribution in [0.3, 0.4) is 0 Å². The van der Waals surface area contributed by atoms with Crippen molar-refractivity contribution >= 4 is 11.9 Å². The highest BCUT2D eigenvalue weighted by atomic mass is 16.5. The van der Waals surface area contributed by atoms with E-state index in [9.17, 15) is 14.7 Å². The number of aryl methyl sites for hydroxylation is 2. The number of aliphatic carboxylic acids is 1. The zero-order valence-corrected chi connectivity index (χ0v) is 12.4. The molecule has 0 saturated carbocycles. The number of carbonyl (C=O) groups excluding carboxylic acids is 1. The monoisotopic (exact) mass is 291 g/mol. The zero-order chi connectivity index (χ0) is 15.4. The van der Waals surface area contributed by atoms with Gasteiger partial charge in [0.15, 0.2) is 0 Å². The first-order valence-corrected chi connectivity index (χ1v) is 7.19. The molecule has 0 unspecified atom stereocenters. The van der Waals surface area contributed by atoms with Crippen molar-refractivity contribution in [2.24, 2.45) is 0 Å². The Kier molecular flexibility index (Phi) is 4.96. The molecule has 0 aliphatic carbocycles. The molecular weight excluding hydrogens is 270 g/mol. The van der Waals surface area contributed by atoms with E-state index in [0.717, 1.165) is 23.1 Å². The van der Waals surface area contributed by atoms with Crippen molar-refractivity contribution in [3.63, 3.8) is 0 Å². The fourth-order valence-corrected chi connectivity index (χ4v) is 2.62. The molecule has 2 N–H and O–H groups in total. The third-order valence-corrected chi connectivity index (χ3v) is 3.89. The van der Waals surface area contributed by atoms with Crippen LogP contribution in [0.15, 0.2) is 18.2 Å². The van der Waals surface area contributed by atoms with E-state index in [1.165, 1.54) is 0 Å². The Balaban J connectivity index is 2.09. The molecule has 5 nitrogen and oxygen atoms in total. The molecule has 1 heterocycles. The number of carbonyl (C=O) groups is 2. The minimum absolute atomic E-state index is 0.284. The molecule has 1 aromatic rings. The van der Waals surface area contributed by atoms with Crippen LogP contribution < -0.4 is 5.32 Å². The van der Waals surface area contributed by atoms with Gasteiger partial charge in [-0.05, 0) is 43.4 Å². The standard InChI is InChI=1S/C16H21NO4/c1-10-5-3-6-11(2)12(10)9-13(16(19)20)17-15(18)14-7-4-8-21-14/h3,5-6,13-14H,4,7-9H2,1-2H3,(H,17,18)(H,19,20)/t13-,14+/m0/s1. The molecule has 114 valence electrons. The average Bonchev–Trinajstić information content (AvgIpc) is 2.95. The molecule has 1 aromatic carbocycles. The van der Waals surface area contributed by atoms with Gasteiger partial charge in [0, 0.05) is 13.0 Å². The van der Waals surface area contributed by atoms with E-state index in [0.29, 0.717) is 13.0 Å². The van der Waals surface area contributed by atoms with E-state index in [4.69, 9.17) is 4.74 Å². The molecular formula is C16H21NO4. The summed E-state index contributed by atoms with van der Waals surface area (Å²) in [6.07, 6.45) is 1.27. The van der Waals surface area contributed by atoms with Gasteiger partial charge in [-0.3, -0.25) is 4.79 Å². The summed E-state index contributed by atoms with van der Waals surface area (Å²) in [6.45, 7) is 4.46. The lowest BCUT2D eigenvalue weighted by atomic mass is 9.96. The number of ether oxygens (including phenoxy) is 1. The Morgan fingerprint density at radius 2 is 2.05 bits per heavy atom. The summed E-state index contributed by atoms with van der Waals surface area (Å²) in [5.74, 6) is -1.35. The van der Waals surface area contributed by atoms with Crippen LogP contribution in [-0.4, -0.2) is 35.7 Å². The highest BCUT2D eigenvalue weighted by Gasteiger charge is 2.28. The van der Waals surface area contributed by atoms with Crippen molar-refractivity contribution in [1.29, 1.82) is 0 Å². The molecule has 1 fully saturated rings. The normalized spacial score (nSPS) is 19.2. The Bertz CT molecular complexity index is 515. The van der Waals surface area contributed by atoms with Crippen molar-refractivity contribution in [2.45, 2.75) is 45.3 Å². The molecule has 2 rings (SSSR count). The van der Waals surface area contributed by atoms with Gasteiger partial charge in [-0.25, -0.2) is 4.79 Å². The first-order valence-electron chi connectivity index (χ1n) is 7.19. The minimum atomic E-state index is -1.02. The van der Waals surface area contributed by atoms with Crippen LogP contribution in [0.4, 0.5) is 0 Å². The van der Waals surface area contributed by atoms with Crippen LogP contribution in [0.2, 0.25) is 0 Å². The number of carboxylic acids is 1. The summed E-state index contributed by atoms with van der Waals surface area (Å²) in [5, 5.41) is 12.0. The SMILES string of the molecule is Cc1cccc(C)c1C[C@H](NC(=O)[C@H]1CCCO1)C(=O)O. The molecule has 1 amide bonds. The number of carboxylic acid groups (broad SMARTS) is 1. The largest absolute Gasteiger partial charge is 0.480 e. The number of amides is 1. The molecule has 1 saturated heterocycles. The lowest BCUT2D eigenvalue weighted by molar-refractivity contribution is -0.143. The Morgan fingerprint density at radius 1 is 1.38 bits per heavy atom. The molecule has 0 spiro atoms. The number of nitrogens with one attached hydrogen (secondary N) is 1. The molecule has 5 heteroatoms. The van der Waals surface area contributed by atoms with E-state index in [2.05, 4.69) is 5.32 Å². The third kappa shape index (κ3) is 3.82. The summed E-state index contributed by atoms with van der Waals surface area (Å²) in [5.41, 5.74) is 3.04. The quantitative estimate of drug-likeness (QED) is 0.864. The molecule has 0 aromatic heterocycles. The topological polar surface area (TPSA) is 75.6 Å². The van der Waals surface area contributed by atoms with Gasteiger partial charge in [0.05, 0.1) is 0 Å². The highest BCUT2D eigenvalue weighted by Crippen LogP contribution is 2.17. The lowest BCUT2D eigenvalue weighted by Gasteiger charge is -2.19. The Morgan fingerprint density at radius 3 is 2.57 bits per heavy atom. The Hall–Kier alpha value is -1.88. The van der Waals surface area contributed by atoms with Crippen LogP contribution >= 0.6 is 0 Å².